The molecule has 0 saturated carbocycles. The smallest absolute Gasteiger partial charge is 0.240 e. The molecule has 2 amide bonds. The van der Waals surface area contributed by atoms with Crippen molar-refractivity contribution in [1.29, 1.82) is 0 Å². The van der Waals surface area contributed by atoms with Crippen LogP contribution in [-0.2, 0) is 14.4 Å². The standard InChI is InChI=1S/C14H14N2O4S3/c1-8(23-14(20)10-3-2-5-21-10)12(18)15-7-11(17)16-9-4-6-22-13(9)19/h2-6,8-9H,7H2,1H3,(H,15,18)(H,16,17). The molecule has 0 fully saturated rings. The van der Waals surface area contributed by atoms with E-state index < -0.39 is 23.1 Å². The number of rotatable bonds is 6. The summed E-state index contributed by atoms with van der Waals surface area (Å²) in [5.74, 6) is -0.858. The fourth-order valence-electron chi connectivity index (χ4n) is 1.65. The van der Waals surface area contributed by atoms with Crippen molar-refractivity contribution in [3.63, 3.8) is 0 Å². The van der Waals surface area contributed by atoms with Gasteiger partial charge in [-0.15, -0.1) is 11.3 Å². The summed E-state index contributed by atoms with van der Waals surface area (Å²) in [4.78, 5) is 47.4. The summed E-state index contributed by atoms with van der Waals surface area (Å²) in [6.07, 6.45) is 1.59. The van der Waals surface area contributed by atoms with Gasteiger partial charge in [0, 0.05) is 0 Å². The molecule has 0 bridgehead atoms. The van der Waals surface area contributed by atoms with Gasteiger partial charge in [-0.3, -0.25) is 19.2 Å². The Bertz CT molecular complexity index is 642. The van der Waals surface area contributed by atoms with Crippen LogP contribution in [0.5, 0.6) is 0 Å². The van der Waals surface area contributed by atoms with Gasteiger partial charge in [0.05, 0.1) is 16.7 Å². The van der Waals surface area contributed by atoms with Crippen LogP contribution in [0.2, 0.25) is 0 Å². The third kappa shape index (κ3) is 5.22. The van der Waals surface area contributed by atoms with E-state index in [1.165, 1.54) is 11.3 Å². The molecular formula is C14H14N2O4S3. The van der Waals surface area contributed by atoms with Crippen molar-refractivity contribution in [3.05, 3.63) is 33.9 Å². The van der Waals surface area contributed by atoms with Crippen LogP contribution in [0.4, 0.5) is 0 Å². The second-order valence-corrected chi connectivity index (χ2v) is 7.72. The molecule has 23 heavy (non-hydrogen) atoms. The summed E-state index contributed by atoms with van der Waals surface area (Å²) < 4.78 is 0. The molecule has 1 aromatic heterocycles. The molecule has 0 spiro atoms. The summed E-state index contributed by atoms with van der Waals surface area (Å²) in [6.45, 7) is 1.36. The first-order chi connectivity index (χ1) is 11.0. The molecule has 9 heteroatoms. The summed E-state index contributed by atoms with van der Waals surface area (Å²) in [7, 11) is 0. The zero-order valence-electron chi connectivity index (χ0n) is 12.1. The Morgan fingerprint density at radius 2 is 2.17 bits per heavy atom. The summed E-state index contributed by atoms with van der Waals surface area (Å²) in [5, 5.41) is 7.42. The monoisotopic (exact) mass is 370 g/mol. The lowest BCUT2D eigenvalue weighted by molar-refractivity contribution is -0.126. The van der Waals surface area contributed by atoms with Crippen LogP contribution >= 0.6 is 34.9 Å². The number of thiophene rings is 1. The first-order valence-corrected chi connectivity index (χ1v) is 9.30. The zero-order valence-corrected chi connectivity index (χ0v) is 14.6. The van der Waals surface area contributed by atoms with E-state index in [0.29, 0.717) is 4.88 Å². The Kier molecular flexibility index (Phi) is 6.43. The average molecular weight is 370 g/mol. The SMILES string of the molecule is CC(SC(=O)c1cccs1)C(=O)NCC(=O)NC1C=CSC1=O. The van der Waals surface area contributed by atoms with Crippen LogP contribution < -0.4 is 10.6 Å². The lowest BCUT2D eigenvalue weighted by Gasteiger charge is -2.12. The molecule has 2 rings (SSSR count). The number of carbonyl (C=O) groups is 4. The van der Waals surface area contributed by atoms with Crippen LogP contribution in [0.3, 0.4) is 0 Å². The van der Waals surface area contributed by atoms with Gasteiger partial charge in [0.15, 0.2) is 0 Å². The van der Waals surface area contributed by atoms with Crippen LogP contribution in [0.25, 0.3) is 0 Å². The number of amides is 2. The lowest BCUT2D eigenvalue weighted by Crippen LogP contribution is -2.44. The van der Waals surface area contributed by atoms with E-state index in [2.05, 4.69) is 10.6 Å². The molecule has 2 unspecified atom stereocenters. The number of nitrogens with one attached hydrogen (secondary N) is 2. The number of thioether (sulfide) groups is 2. The van der Waals surface area contributed by atoms with Crippen LogP contribution in [-0.4, -0.2) is 39.9 Å². The quantitative estimate of drug-likeness (QED) is 0.786. The van der Waals surface area contributed by atoms with Gasteiger partial charge < -0.3 is 10.6 Å². The highest BCUT2D eigenvalue weighted by Crippen LogP contribution is 2.21. The van der Waals surface area contributed by atoms with Crippen molar-refractivity contribution in [2.75, 3.05) is 6.54 Å². The minimum absolute atomic E-state index is 0.157. The van der Waals surface area contributed by atoms with Crippen molar-refractivity contribution in [1.82, 2.24) is 10.6 Å². The van der Waals surface area contributed by atoms with Crippen molar-refractivity contribution in [3.8, 4) is 0 Å². The molecule has 1 aliphatic heterocycles. The minimum atomic E-state index is -0.642. The molecule has 2 atom stereocenters. The largest absolute Gasteiger partial charge is 0.346 e. The number of carbonyl (C=O) groups excluding carboxylic acids is 4. The average Bonchev–Trinajstić information content (AvgIpc) is 3.17. The maximum Gasteiger partial charge on any atom is 0.240 e. The molecule has 0 aliphatic carbocycles. The van der Waals surface area contributed by atoms with Gasteiger partial charge in [0.25, 0.3) is 0 Å². The number of hydrogen-bond donors (Lipinski definition) is 2. The molecule has 0 saturated heterocycles. The fourth-order valence-corrected chi connectivity index (χ4v) is 3.84. The summed E-state index contributed by atoms with van der Waals surface area (Å²) in [5.41, 5.74) is 0. The topological polar surface area (TPSA) is 92.3 Å². The van der Waals surface area contributed by atoms with Gasteiger partial charge in [-0.2, -0.15) is 0 Å². The molecule has 0 aromatic carbocycles. The fraction of sp³-hybridized carbons (Fsp3) is 0.286. The van der Waals surface area contributed by atoms with E-state index in [1.807, 2.05) is 0 Å². The van der Waals surface area contributed by atoms with Crippen molar-refractivity contribution in [2.45, 2.75) is 18.2 Å². The minimum Gasteiger partial charge on any atom is -0.346 e. The molecular weight excluding hydrogens is 356 g/mol. The Morgan fingerprint density at radius 1 is 1.39 bits per heavy atom. The first kappa shape index (κ1) is 17.8. The molecule has 0 radical (unpaired) electrons. The van der Waals surface area contributed by atoms with E-state index in [9.17, 15) is 19.2 Å². The molecule has 1 aromatic rings. The maximum atomic E-state index is 11.9. The van der Waals surface area contributed by atoms with Gasteiger partial charge in [0.1, 0.15) is 6.04 Å². The molecule has 2 N–H and O–H groups in total. The van der Waals surface area contributed by atoms with E-state index in [1.54, 1.807) is 35.9 Å². The van der Waals surface area contributed by atoms with Crippen LogP contribution in [0.15, 0.2) is 29.0 Å². The Morgan fingerprint density at radius 3 is 2.78 bits per heavy atom. The zero-order chi connectivity index (χ0) is 16.8. The predicted octanol–water partition coefficient (Wildman–Crippen LogP) is 1.40. The first-order valence-electron chi connectivity index (χ1n) is 6.66. The van der Waals surface area contributed by atoms with Crippen LogP contribution in [0, 0.1) is 0 Å². The van der Waals surface area contributed by atoms with Crippen molar-refractivity contribution in [2.24, 2.45) is 0 Å². The molecule has 6 nitrogen and oxygen atoms in total. The highest BCUT2D eigenvalue weighted by molar-refractivity contribution is 8.16. The summed E-state index contributed by atoms with van der Waals surface area (Å²) >= 11 is 3.24. The van der Waals surface area contributed by atoms with E-state index >= 15 is 0 Å². The highest BCUT2D eigenvalue weighted by atomic mass is 32.2. The Hall–Kier alpha value is -1.58. The lowest BCUT2D eigenvalue weighted by atomic mass is 10.3. The Balaban J connectivity index is 1.73. The summed E-state index contributed by atoms with van der Waals surface area (Å²) in [6, 6.07) is 2.82. The highest BCUT2D eigenvalue weighted by Gasteiger charge is 2.23. The predicted molar refractivity (Wildman–Crippen MR) is 92.4 cm³/mol. The van der Waals surface area contributed by atoms with Gasteiger partial charge in [0.2, 0.25) is 22.0 Å². The van der Waals surface area contributed by atoms with Gasteiger partial charge in [-0.1, -0.05) is 29.6 Å². The van der Waals surface area contributed by atoms with Crippen molar-refractivity contribution < 1.29 is 19.2 Å². The maximum absolute atomic E-state index is 11.9. The normalized spacial score (nSPS) is 17.8. The van der Waals surface area contributed by atoms with E-state index in [4.69, 9.17) is 0 Å². The van der Waals surface area contributed by atoms with Crippen LogP contribution in [0.1, 0.15) is 16.6 Å². The number of hydrogen-bond acceptors (Lipinski definition) is 7. The third-order valence-corrected chi connectivity index (χ3v) is 5.60. The third-order valence-electron chi connectivity index (χ3n) is 2.82. The van der Waals surface area contributed by atoms with Crippen molar-refractivity contribution >= 4 is 56.9 Å². The second kappa shape index (κ2) is 8.32. The van der Waals surface area contributed by atoms with E-state index in [-0.39, 0.29) is 16.8 Å². The molecule has 1 aliphatic rings. The van der Waals surface area contributed by atoms with Gasteiger partial charge >= 0.3 is 0 Å². The second-order valence-electron chi connectivity index (χ2n) is 4.55. The Labute approximate surface area is 145 Å². The van der Waals surface area contributed by atoms with Gasteiger partial charge in [-0.25, -0.2) is 0 Å². The molecule has 122 valence electrons. The van der Waals surface area contributed by atoms with Gasteiger partial charge in [-0.05, 0) is 29.9 Å². The van der Waals surface area contributed by atoms with E-state index in [0.717, 1.165) is 23.5 Å². The molecule has 2 heterocycles.